The lowest BCUT2D eigenvalue weighted by molar-refractivity contribution is 0.0261. The number of ether oxygens (including phenoxy) is 2. The highest BCUT2D eigenvalue weighted by Gasteiger charge is 2.57. The Hall–Kier alpha value is -3.08. The molecule has 0 radical (unpaired) electrons. The number of hydrogen-bond donors (Lipinski definition) is 0. The molecule has 0 bridgehead atoms. The molecule has 31 heavy (non-hydrogen) atoms. The summed E-state index contributed by atoms with van der Waals surface area (Å²) in [6.45, 7) is 7.97. The van der Waals surface area contributed by atoms with E-state index in [4.69, 9.17) is 9.47 Å². The highest BCUT2D eigenvalue weighted by atomic mass is 16.6. The van der Waals surface area contributed by atoms with Crippen molar-refractivity contribution in [2.45, 2.75) is 26.4 Å². The summed E-state index contributed by atoms with van der Waals surface area (Å²) >= 11 is 0. The third-order valence-electron chi connectivity index (χ3n) is 6.24. The number of fused-ring (bicyclic) bond motifs is 2. The minimum atomic E-state index is -0.443. The van der Waals surface area contributed by atoms with Crippen molar-refractivity contribution in [3.05, 3.63) is 60.8 Å². The maximum Gasteiger partial charge on any atom is 0.410 e. The molecule has 2 unspecified atom stereocenters. The van der Waals surface area contributed by atoms with Crippen LogP contribution >= 0.6 is 0 Å². The largest absolute Gasteiger partial charge is 0.493 e. The van der Waals surface area contributed by atoms with Crippen molar-refractivity contribution in [2.24, 2.45) is 17.8 Å². The molecule has 3 aromatic rings. The Kier molecular flexibility index (Phi) is 4.84. The number of piperidine rings is 1. The zero-order valence-electron chi connectivity index (χ0n) is 18.2. The van der Waals surface area contributed by atoms with Crippen LogP contribution in [0.3, 0.4) is 0 Å². The van der Waals surface area contributed by atoms with E-state index in [-0.39, 0.29) is 6.09 Å². The van der Waals surface area contributed by atoms with Crippen molar-refractivity contribution in [1.29, 1.82) is 0 Å². The molecule has 5 rings (SSSR count). The van der Waals surface area contributed by atoms with Crippen LogP contribution in [0.5, 0.6) is 5.75 Å². The van der Waals surface area contributed by atoms with E-state index < -0.39 is 5.60 Å². The van der Waals surface area contributed by atoms with Gasteiger partial charge in [0.2, 0.25) is 0 Å². The first-order valence-corrected chi connectivity index (χ1v) is 10.9. The first-order chi connectivity index (χ1) is 14.9. The summed E-state index contributed by atoms with van der Waals surface area (Å²) < 4.78 is 11.5. The second-order valence-corrected chi connectivity index (χ2v) is 9.63. The first-order valence-electron chi connectivity index (χ1n) is 10.9. The van der Waals surface area contributed by atoms with Crippen molar-refractivity contribution in [2.75, 3.05) is 19.7 Å². The van der Waals surface area contributed by atoms with Crippen molar-refractivity contribution >= 4 is 17.0 Å². The number of hydrogen-bond acceptors (Lipinski definition) is 4. The van der Waals surface area contributed by atoms with Gasteiger partial charge >= 0.3 is 6.09 Å². The molecule has 5 nitrogen and oxygen atoms in total. The number of carbonyl (C=O) groups excluding carboxylic acids is 1. The first kappa shape index (κ1) is 19.9. The zero-order chi connectivity index (χ0) is 21.6. The van der Waals surface area contributed by atoms with E-state index in [2.05, 4.69) is 29.2 Å². The van der Waals surface area contributed by atoms with E-state index in [1.54, 1.807) is 0 Å². The molecule has 2 aliphatic rings. The molecule has 2 atom stereocenters. The minimum absolute atomic E-state index is 0.196. The van der Waals surface area contributed by atoms with Gasteiger partial charge in [-0.05, 0) is 62.4 Å². The summed E-state index contributed by atoms with van der Waals surface area (Å²) in [7, 11) is 0. The normalized spacial score (nSPS) is 22.3. The van der Waals surface area contributed by atoms with Crippen LogP contribution in [0.1, 0.15) is 20.8 Å². The smallest absolute Gasteiger partial charge is 0.410 e. The summed E-state index contributed by atoms with van der Waals surface area (Å²) in [5.41, 5.74) is 2.79. The molecule has 0 N–H and O–H groups in total. The fraction of sp³-hybridized carbons (Fsp3) is 0.385. The van der Waals surface area contributed by atoms with E-state index in [1.165, 1.54) is 0 Å². The van der Waals surface area contributed by atoms with Gasteiger partial charge in [-0.1, -0.05) is 30.3 Å². The fourth-order valence-electron chi connectivity index (χ4n) is 4.54. The Morgan fingerprint density at radius 2 is 1.74 bits per heavy atom. The second-order valence-electron chi connectivity index (χ2n) is 9.63. The molecule has 2 aromatic carbocycles. The lowest BCUT2D eigenvalue weighted by atomic mass is 10.1. The van der Waals surface area contributed by atoms with Crippen molar-refractivity contribution < 1.29 is 14.3 Å². The maximum atomic E-state index is 12.2. The van der Waals surface area contributed by atoms with Gasteiger partial charge in [0.1, 0.15) is 11.4 Å². The van der Waals surface area contributed by atoms with Crippen molar-refractivity contribution in [3.8, 4) is 16.9 Å². The molecule has 5 heteroatoms. The molecular formula is C26H28N2O3. The zero-order valence-corrected chi connectivity index (χ0v) is 18.2. The topological polar surface area (TPSA) is 51.7 Å². The van der Waals surface area contributed by atoms with Crippen molar-refractivity contribution in [1.82, 2.24) is 9.88 Å². The number of aromatic nitrogens is 1. The maximum absolute atomic E-state index is 12.2. The number of carbonyl (C=O) groups is 1. The number of likely N-dealkylation sites (tertiary alicyclic amines) is 1. The van der Waals surface area contributed by atoms with Crippen LogP contribution in [0.4, 0.5) is 4.79 Å². The minimum Gasteiger partial charge on any atom is -0.493 e. The van der Waals surface area contributed by atoms with Gasteiger partial charge in [0.25, 0.3) is 0 Å². The van der Waals surface area contributed by atoms with Gasteiger partial charge in [-0.25, -0.2) is 4.79 Å². The highest BCUT2D eigenvalue weighted by Crippen LogP contribution is 2.52. The van der Waals surface area contributed by atoms with Crippen molar-refractivity contribution in [3.63, 3.8) is 0 Å². The van der Waals surface area contributed by atoms with E-state index in [0.29, 0.717) is 24.4 Å². The molecule has 1 aliphatic carbocycles. The molecule has 1 aromatic heterocycles. The summed E-state index contributed by atoms with van der Waals surface area (Å²) in [4.78, 5) is 18.6. The Morgan fingerprint density at radius 1 is 1.03 bits per heavy atom. The lowest BCUT2D eigenvalue weighted by Gasteiger charge is -2.25. The van der Waals surface area contributed by atoms with E-state index in [0.717, 1.165) is 40.9 Å². The molecule has 2 heterocycles. The van der Waals surface area contributed by atoms with Gasteiger partial charge in [-0.2, -0.15) is 0 Å². The standard InChI is InChI=1S/C26H28N2O3/c1-26(2,3)31-25(29)28-14-21-22(15-28)23(21)16-30-20-10-8-17(9-11-20)19-12-18-6-4-5-7-24(18)27-13-19/h4-13,21-23H,14-16H2,1-3H3. The van der Waals surface area contributed by atoms with Gasteiger partial charge in [0.05, 0.1) is 12.1 Å². The van der Waals surface area contributed by atoms with Gasteiger partial charge in [0.15, 0.2) is 0 Å². The van der Waals surface area contributed by atoms with Gasteiger partial charge in [-0.15, -0.1) is 0 Å². The van der Waals surface area contributed by atoms with Crippen LogP contribution in [0.25, 0.3) is 22.0 Å². The summed E-state index contributed by atoms with van der Waals surface area (Å²) in [5.74, 6) is 2.49. The number of para-hydroxylation sites is 1. The lowest BCUT2D eigenvalue weighted by Crippen LogP contribution is -2.37. The quantitative estimate of drug-likeness (QED) is 0.572. The molecular weight excluding hydrogens is 388 g/mol. The average Bonchev–Trinajstić information content (AvgIpc) is 3.19. The van der Waals surface area contributed by atoms with Gasteiger partial charge in [-0.3, -0.25) is 4.98 Å². The monoisotopic (exact) mass is 416 g/mol. The fourth-order valence-corrected chi connectivity index (χ4v) is 4.54. The van der Waals surface area contributed by atoms with Crippen LogP contribution in [0.2, 0.25) is 0 Å². The predicted octanol–water partition coefficient (Wildman–Crippen LogP) is 5.39. The number of rotatable bonds is 4. The Labute approximate surface area is 183 Å². The Balaban J connectivity index is 1.14. The molecule has 1 saturated heterocycles. The summed E-state index contributed by atoms with van der Waals surface area (Å²) in [6, 6.07) is 18.5. The second kappa shape index (κ2) is 7.56. The van der Waals surface area contributed by atoms with E-state index in [9.17, 15) is 4.79 Å². The van der Waals surface area contributed by atoms with Crippen LogP contribution < -0.4 is 4.74 Å². The molecule has 1 amide bonds. The molecule has 2 fully saturated rings. The number of nitrogens with zero attached hydrogens (tertiary/aromatic N) is 2. The van der Waals surface area contributed by atoms with Gasteiger partial charge < -0.3 is 14.4 Å². The van der Waals surface area contributed by atoms with E-state index in [1.807, 2.05) is 62.2 Å². The molecule has 0 spiro atoms. The number of benzene rings is 2. The Bertz CT molecular complexity index is 1090. The third kappa shape index (κ3) is 4.22. The average molecular weight is 417 g/mol. The molecule has 160 valence electrons. The highest BCUT2D eigenvalue weighted by molar-refractivity contribution is 5.83. The summed E-state index contributed by atoms with van der Waals surface area (Å²) in [5, 5.41) is 1.14. The molecule has 1 saturated carbocycles. The van der Waals surface area contributed by atoms with Crippen LogP contribution in [0, 0.1) is 17.8 Å². The van der Waals surface area contributed by atoms with Crippen LogP contribution in [0.15, 0.2) is 60.8 Å². The van der Waals surface area contributed by atoms with Gasteiger partial charge in [0, 0.05) is 36.2 Å². The SMILES string of the molecule is CC(C)(C)OC(=O)N1CC2C(COc3ccc(-c4cnc5ccccc5c4)cc3)C2C1. The number of amides is 1. The summed E-state index contributed by atoms with van der Waals surface area (Å²) in [6.07, 6.45) is 1.72. The number of pyridine rings is 1. The predicted molar refractivity (Wildman–Crippen MR) is 121 cm³/mol. The van der Waals surface area contributed by atoms with E-state index >= 15 is 0 Å². The molecule has 1 aliphatic heterocycles. The van der Waals surface area contributed by atoms with Crippen LogP contribution in [-0.4, -0.2) is 41.3 Å². The Morgan fingerprint density at radius 3 is 2.45 bits per heavy atom. The van der Waals surface area contributed by atoms with Crippen LogP contribution in [-0.2, 0) is 4.74 Å². The third-order valence-corrected chi connectivity index (χ3v) is 6.24.